The number of nitro groups is 1. The Labute approximate surface area is 178 Å². The Hall–Kier alpha value is -3.53. The number of anilines is 1. The van der Waals surface area contributed by atoms with Crippen molar-refractivity contribution < 1.29 is 13.3 Å². The zero-order chi connectivity index (χ0) is 22.3. The molecule has 0 bridgehead atoms. The van der Waals surface area contributed by atoms with Gasteiger partial charge >= 0.3 is 0 Å². The maximum Gasteiger partial charge on any atom is 0.269 e. The molecule has 0 radical (unpaired) electrons. The number of fused-ring (bicyclic) bond motifs is 2. The largest absolute Gasteiger partial charge is 0.269 e. The Balaban J connectivity index is 1.82. The fourth-order valence-corrected chi connectivity index (χ4v) is 4.36. The van der Waals surface area contributed by atoms with E-state index in [9.17, 15) is 18.5 Å². The maximum absolute atomic E-state index is 12.9. The standard InChI is InChI=1S/C21H21N5O4S/c1-13(2)12-25-21-18(11-15-5-4-14(3)10-19(15)22-21)20(23-25)24-31(29,30)17-8-6-16(7-9-17)26(27)28/h4-11,13H,12H2,1-3H3,(H,23,24). The van der Waals surface area contributed by atoms with Gasteiger partial charge in [0, 0.05) is 24.1 Å². The molecule has 0 spiro atoms. The smallest absolute Gasteiger partial charge is 0.261 e. The number of nitro benzene ring substituents is 1. The molecule has 0 atom stereocenters. The van der Waals surface area contributed by atoms with Gasteiger partial charge in [-0.15, -0.1) is 0 Å². The molecule has 2 heterocycles. The highest BCUT2D eigenvalue weighted by Crippen LogP contribution is 2.29. The average molecular weight is 439 g/mol. The lowest BCUT2D eigenvalue weighted by molar-refractivity contribution is -0.384. The Bertz CT molecular complexity index is 1410. The lowest BCUT2D eigenvalue weighted by Crippen LogP contribution is -2.14. The first-order valence-corrected chi connectivity index (χ1v) is 11.2. The van der Waals surface area contributed by atoms with E-state index in [2.05, 4.69) is 9.82 Å². The molecule has 0 fully saturated rings. The third-order valence-corrected chi connectivity index (χ3v) is 6.16. The number of rotatable bonds is 6. The fraction of sp³-hybridized carbons (Fsp3) is 0.238. The fourth-order valence-electron chi connectivity index (χ4n) is 3.34. The second-order valence-corrected chi connectivity index (χ2v) is 9.52. The van der Waals surface area contributed by atoms with E-state index in [1.165, 1.54) is 12.1 Å². The van der Waals surface area contributed by atoms with Crippen molar-refractivity contribution >= 4 is 43.5 Å². The van der Waals surface area contributed by atoms with Crippen molar-refractivity contribution in [2.45, 2.75) is 32.2 Å². The van der Waals surface area contributed by atoms with E-state index in [4.69, 9.17) is 4.98 Å². The number of non-ortho nitro benzene ring substituents is 1. The topological polar surface area (TPSA) is 120 Å². The van der Waals surface area contributed by atoms with Crippen LogP contribution in [0, 0.1) is 23.0 Å². The zero-order valence-electron chi connectivity index (χ0n) is 17.2. The van der Waals surface area contributed by atoms with Gasteiger partial charge in [-0.2, -0.15) is 5.10 Å². The molecule has 31 heavy (non-hydrogen) atoms. The molecular formula is C21H21N5O4S. The third kappa shape index (κ3) is 4.06. The van der Waals surface area contributed by atoms with Gasteiger partial charge in [-0.1, -0.05) is 26.0 Å². The molecule has 0 saturated heterocycles. The number of nitrogens with zero attached hydrogens (tertiary/aromatic N) is 4. The predicted molar refractivity (Wildman–Crippen MR) is 119 cm³/mol. The molecule has 0 saturated carbocycles. The number of benzene rings is 2. The maximum atomic E-state index is 12.9. The van der Waals surface area contributed by atoms with Crippen LogP contribution in [0.15, 0.2) is 53.4 Å². The molecule has 9 nitrogen and oxygen atoms in total. The first kappa shape index (κ1) is 20.7. The van der Waals surface area contributed by atoms with E-state index < -0.39 is 14.9 Å². The van der Waals surface area contributed by atoms with Crippen molar-refractivity contribution in [3.63, 3.8) is 0 Å². The molecule has 4 aromatic rings. The molecule has 4 rings (SSSR count). The summed E-state index contributed by atoms with van der Waals surface area (Å²) in [4.78, 5) is 14.9. The Kier molecular flexibility index (Phi) is 5.10. The Morgan fingerprint density at radius 3 is 2.48 bits per heavy atom. The highest BCUT2D eigenvalue weighted by atomic mass is 32.2. The molecule has 0 aliphatic heterocycles. The van der Waals surface area contributed by atoms with Crippen LogP contribution in [0.4, 0.5) is 11.5 Å². The van der Waals surface area contributed by atoms with Crippen LogP contribution < -0.4 is 4.72 Å². The van der Waals surface area contributed by atoms with Crippen molar-refractivity contribution in [2.75, 3.05) is 4.72 Å². The summed E-state index contributed by atoms with van der Waals surface area (Å²) >= 11 is 0. The monoisotopic (exact) mass is 439 g/mol. The predicted octanol–water partition coefficient (Wildman–Crippen LogP) is 4.26. The number of hydrogen-bond acceptors (Lipinski definition) is 6. The molecule has 2 aromatic carbocycles. The van der Waals surface area contributed by atoms with E-state index >= 15 is 0 Å². The molecule has 1 N–H and O–H groups in total. The van der Waals surface area contributed by atoms with Crippen LogP contribution in [-0.4, -0.2) is 28.1 Å². The molecule has 2 aromatic heterocycles. The summed E-state index contributed by atoms with van der Waals surface area (Å²) in [5.74, 6) is 0.446. The third-order valence-electron chi connectivity index (χ3n) is 4.80. The quantitative estimate of drug-likeness (QED) is 0.354. The number of aryl methyl sites for hydroxylation is 1. The normalized spacial score (nSPS) is 12.0. The molecule has 0 aliphatic carbocycles. The van der Waals surface area contributed by atoms with Crippen molar-refractivity contribution in [3.05, 3.63) is 64.2 Å². The summed E-state index contributed by atoms with van der Waals surface area (Å²) in [6.07, 6.45) is 0. The minimum atomic E-state index is -4.00. The van der Waals surface area contributed by atoms with Crippen LogP contribution in [-0.2, 0) is 16.6 Å². The number of nitrogens with one attached hydrogen (secondary N) is 1. The minimum Gasteiger partial charge on any atom is -0.261 e. The summed E-state index contributed by atoms with van der Waals surface area (Å²) in [6, 6.07) is 12.5. The van der Waals surface area contributed by atoms with Gasteiger partial charge in [0.1, 0.15) is 0 Å². The summed E-state index contributed by atoms with van der Waals surface area (Å²) in [6.45, 7) is 6.64. The van der Waals surface area contributed by atoms with Crippen molar-refractivity contribution in [1.82, 2.24) is 14.8 Å². The van der Waals surface area contributed by atoms with Crippen LogP contribution >= 0.6 is 0 Å². The number of sulfonamides is 1. The number of hydrogen-bond donors (Lipinski definition) is 1. The first-order valence-electron chi connectivity index (χ1n) is 9.69. The first-order chi connectivity index (χ1) is 14.6. The van der Waals surface area contributed by atoms with Gasteiger partial charge in [-0.05, 0) is 42.7 Å². The summed E-state index contributed by atoms with van der Waals surface area (Å²) in [5.41, 5.74) is 2.29. The Morgan fingerprint density at radius 2 is 1.84 bits per heavy atom. The SMILES string of the molecule is Cc1ccc2cc3c(NS(=O)(=O)c4ccc([N+](=O)[O-])cc4)nn(CC(C)C)c3nc2c1. The minimum absolute atomic E-state index is 0.0889. The summed E-state index contributed by atoms with van der Waals surface area (Å²) in [7, 11) is -4.00. The second-order valence-electron chi connectivity index (χ2n) is 7.84. The summed E-state index contributed by atoms with van der Waals surface area (Å²) in [5, 5.41) is 16.8. The molecule has 0 unspecified atom stereocenters. The van der Waals surface area contributed by atoms with E-state index in [-0.39, 0.29) is 22.3 Å². The van der Waals surface area contributed by atoms with Crippen LogP contribution in [0.1, 0.15) is 19.4 Å². The molecular weight excluding hydrogens is 418 g/mol. The number of pyridine rings is 1. The molecule has 10 heteroatoms. The van der Waals surface area contributed by atoms with Gasteiger partial charge < -0.3 is 0 Å². The van der Waals surface area contributed by atoms with Crippen molar-refractivity contribution in [1.29, 1.82) is 0 Å². The van der Waals surface area contributed by atoms with Gasteiger partial charge in [-0.25, -0.2) is 18.1 Å². The van der Waals surface area contributed by atoms with Gasteiger partial charge in [0.2, 0.25) is 0 Å². The highest BCUT2D eigenvalue weighted by molar-refractivity contribution is 7.92. The van der Waals surface area contributed by atoms with Crippen molar-refractivity contribution in [3.8, 4) is 0 Å². The van der Waals surface area contributed by atoms with Gasteiger partial charge in [0.15, 0.2) is 11.5 Å². The lowest BCUT2D eigenvalue weighted by atomic mass is 10.1. The second kappa shape index (κ2) is 7.62. The molecule has 0 aliphatic rings. The van der Waals surface area contributed by atoms with Crippen LogP contribution in [0.5, 0.6) is 0 Å². The summed E-state index contributed by atoms with van der Waals surface area (Å²) < 4.78 is 30.1. The van der Waals surface area contributed by atoms with Crippen LogP contribution in [0.3, 0.4) is 0 Å². The van der Waals surface area contributed by atoms with Gasteiger partial charge in [-0.3, -0.25) is 14.8 Å². The average Bonchev–Trinajstić information content (AvgIpc) is 3.01. The zero-order valence-corrected chi connectivity index (χ0v) is 18.0. The van der Waals surface area contributed by atoms with E-state index in [1.54, 1.807) is 4.68 Å². The molecule has 0 amide bonds. The lowest BCUT2D eigenvalue weighted by Gasteiger charge is -2.06. The van der Waals surface area contributed by atoms with Crippen LogP contribution in [0.2, 0.25) is 0 Å². The number of aromatic nitrogens is 3. The van der Waals surface area contributed by atoms with E-state index in [0.29, 0.717) is 17.6 Å². The van der Waals surface area contributed by atoms with E-state index in [1.807, 2.05) is 45.0 Å². The highest BCUT2D eigenvalue weighted by Gasteiger charge is 2.21. The van der Waals surface area contributed by atoms with Gasteiger partial charge in [0.25, 0.3) is 15.7 Å². The van der Waals surface area contributed by atoms with Crippen LogP contribution in [0.25, 0.3) is 21.9 Å². The van der Waals surface area contributed by atoms with Crippen molar-refractivity contribution in [2.24, 2.45) is 5.92 Å². The van der Waals surface area contributed by atoms with E-state index in [0.717, 1.165) is 28.6 Å². The van der Waals surface area contributed by atoms with Gasteiger partial charge in [0.05, 0.1) is 20.7 Å². The Morgan fingerprint density at radius 1 is 1.13 bits per heavy atom. The molecule has 160 valence electrons.